The molecule has 3 unspecified atom stereocenters. The first kappa shape index (κ1) is 55.3. The normalized spacial score (nSPS) is 17.9. The zero-order valence-corrected chi connectivity index (χ0v) is 38.0. The fourth-order valence-corrected chi connectivity index (χ4v) is 7.30. The quantitative estimate of drug-likeness (QED) is 0.0149. The molecule has 1 aliphatic heterocycles. The van der Waals surface area contributed by atoms with Gasteiger partial charge in [-0.05, 0) is 57.3 Å². The van der Waals surface area contributed by atoms with Gasteiger partial charge in [0.2, 0.25) is 0 Å². The summed E-state index contributed by atoms with van der Waals surface area (Å²) in [5, 5.41) is 9.76. The summed E-state index contributed by atoms with van der Waals surface area (Å²) in [6.07, 6.45) is 33.0. The standard InChI is InChI=1S/C43H78O14P2/c1-4-5-6-7-8-9-10-13-16-19-22-25-29-40-41(57-40)30-27-32-43(46)56-39(36-55-59(50,51)54-34-38(44)33-53-58(47,48)49)35-52-42(45)31-26-23-20-17-14-11-12-15-18-21-24-28-37(2)3/h8-9,13,16,22,25,37-41,44H,4-7,10-12,14-15,17-21,23-24,26-36H2,1-3H3,(H,50,51)(H2,47,48,49)/b9-8-,16-13-,25-22-/t38-,39+,40?,41?/m0/s1. The second kappa shape index (κ2) is 34.8. The van der Waals surface area contributed by atoms with Crippen molar-refractivity contribution >= 4 is 27.6 Å². The van der Waals surface area contributed by atoms with E-state index in [2.05, 4.69) is 66.3 Å². The van der Waals surface area contributed by atoms with Crippen LogP contribution in [0.3, 0.4) is 0 Å². The van der Waals surface area contributed by atoms with Crippen molar-refractivity contribution in [2.75, 3.05) is 26.4 Å². The van der Waals surface area contributed by atoms with Crippen molar-refractivity contribution in [3.8, 4) is 0 Å². The molecule has 0 aromatic rings. The van der Waals surface area contributed by atoms with Crippen LogP contribution in [0.25, 0.3) is 0 Å². The van der Waals surface area contributed by atoms with Crippen molar-refractivity contribution in [2.45, 2.75) is 193 Å². The highest BCUT2D eigenvalue weighted by molar-refractivity contribution is 7.47. The lowest BCUT2D eigenvalue weighted by Crippen LogP contribution is -2.30. The number of aliphatic hydroxyl groups is 1. The molecule has 0 aliphatic carbocycles. The summed E-state index contributed by atoms with van der Waals surface area (Å²) < 4.78 is 53.6. The van der Waals surface area contributed by atoms with Gasteiger partial charge in [-0.25, -0.2) is 9.13 Å². The van der Waals surface area contributed by atoms with Gasteiger partial charge in [0.25, 0.3) is 0 Å². The first-order valence-corrected chi connectivity index (χ1v) is 25.2. The Morgan fingerprint density at radius 2 is 1.20 bits per heavy atom. The van der Waals surface area contributed by atoms with Gasteiger partial charge in [-0.1, -0.05) is 141 Å². The van der Waals surface area contributed by atoms with E-state index in [4.69, 9.17) is 28.5 Å². The summed E-state index contributed by atoms with van der Waals surface area (Å²) in [5.41, 5.74) is 0. The van der Waals surface area contributed by atoms with Crippen molar-refractivity contribution in [2.24, 2.45) is 5.92 Å². The van der Waals surface area contributed by atoms with Crippen LogP contribution in [-0.2, 0) is 46.5 Å². The van der Waals surface area contributed by atoms with Crippen molar-refractivity contribution in [1.29, 1.82) is 0 Å². The molecule has 0 saturated carbocycles. The Kier molecular flexibility index (Phi) is 32.7. The highest BCUT2D eigenvalue weighted by Crippen LogP contribution is 2.44. The number of esters is 2. The van der Waals surface area contributed by atoms with Crippen LogP contribution < -0.4 is 0 Å². The Morgan fingerprint density at radius 3 is 1.83 bits per heavy atom. The van der Waals surface area contributed by atoms with Crippen LogP contribution in [0.4, 0.5) is 0 Å². The molecule has 0 aromatic carbocycles. The Hall–Kier alpha value is -1.70. The highest BCUT2D eigenvalue weighted by Gasteiger charge is 2.37. The number of aliphatic hydroxyl groups excluding tert-OH is 1. The molecule has 4 N–H and O–H groups in total. The number of carbonyl (C=O) groups excluding carboxylic acids is 2. The number of hydrogen-bond acceptors (Lipinski definition) is 11. The van der Waals surface area contributed by atoms with Gasteiger partial charge in [0, 0.05) is 12.8 Å². The van der Waals surface area contributed by atoms with Gasteiger partial charge < -0.3 is 34.0 Å². The minimum absolute atomic E-state index is 0.0437. The minimum atomic E-state index is -4.87. The van der Waals surface area contributed by atoms with Gasteiger partial charge in [-0.15, -0.1) is 0 Å². The van der Waals surface area contributed by atoms with Crippen LogP contribution >= 0.6 is 15.6 Å². The molecule has 1 heterocycles. The van der Waals surface area contributed by atoms with Crippen molar-refractivity contribution in [3.63, 3.8) is 0 Å². The molecule has 1 rings (SSSR count). The SMILES string of the molecule is CCCCC/C=C\C/C=C\C/C=C\CC1OC1CCCC(=O)O[C@H](COC(=O)CCCCCCCCCCCCCC(C)C)COP(=O)(O)OC[C@@H](O)COP(=O)(O)O. The molecule has 1 fully saturated rings. The predicted octanol–water partition coefficient (Wildman–Crippen LogP) is 10.1. The predicted molar refractivity (Wildman–Crippen MR) is 229 cm³/mol. The molecule has 0 amide bonds. The monoisotopic (exact) mass is 880 g/mol. The number of allylic oxidation sites excluding steroid dienone is 5. The van der Waals surface area contributed by atoms with Crippen LogP contribution in [0.2, 0.25) is 0 Å². The average molecular weight is 881 g/mol. The molecular formula is C43H78O14P2. The van der Waals surface area contributed by atoms with E-state index in [1.165, 1.54) is 70.6 Å². The smallest absolute Gasteiger partial charge is 0.462 e. The lowest BCUT2D eigenvalue weighted by atomic mass is 10.0. The summed E-state index contributed by atoms with van der Waals surface area (Å²) in [6.45, 7) is 3.96. The molecule has 1 aliphatic rings. The number of epoxide rings is 1. The summed E-state index contributed by atoms with van der Waals surface area (Å²) in [5.74, 6) is -0.324. The number of ether oxygens (including phenoxy) is 3. The third-order valence-electron chi connectivity index (χ3n) is 9.62. The molecule has 0 spiro atoms. The number of carbonyl (C=O) groups is 2. The largest absolute Gasteiger partial charge is 0.472 e. The average Bonchev–Trinajstić information content (AvgIpc) is 3.93. The van der Waals surface area contributed by atoms with E-state index in [0.717, 1.165) is 50.9 Å². The molecule has 344 valence electrons. The molecule has 5 atom stereocenters. The summed E-state index contributed by atoms with van der Waals surface area (Å²) in [6, 6.07) is 0. The van der Waals surface area contributed by atoms with Crippen molar-refractivity contribution in [3.05, 3.63) is 36.5 Å². The van der Waals surface area contributed by atoms with E-state index in [-0.39, 0.29) is 25.0 Å². The second-order valence-corrected chi connectivity index (χ2v) is 18.5. The molecule has 0 aromatic heterocycles. The Labute approximate surface area is 354 Å². The highest BCUT2D eigenvalue weighted by atomic mass is 31.2. The number of rotatable bonds is 40. The van der Waals surface area contributed by atoms with Gasteiger partial charge in [-0.2, -0.15) is 0 Å². The summed E-state index contributed by atoms with van der Waals surface area (Å²) in [7, 11) is -9.70. The molecule has 0 radical (unpaired) electrons. The maximum atomic E-state index is 12.7. The topological polar surface area (TPSA) is 208 Å². The van der Waals surface area contributed by atoms with Crippen LogP contribution in [0, 0.1) is 5.92 Å². The molecule has 59 heavy (non-hydrogen) atoms. The van der Waals surface area contributed by atoms with Gasteiger partial charge in [-0.3, -0.25) is 23.2 Å². The maximum Gasteiger partial charge on any atom is 0.472 e. The Bertz CT molecular complexity index is 1270. The molecule has 16 heteroatoms. The van der Waals surface area contributed by atoms with Gasteiger partial charge in [0.15, 0.2) is 6.10 Å². The fourth-order valence-electron chi connectivity index (χ4n) is 6.15. The third kappa shape index (κ3) is 36.7. The third-order valence-corrected chi connectivity index (χ3v) is 11.1. The summed E-state index contributed by atoms with van der Waals surface area (Å²) in [4.78, 5) is 52.8. The van der Waals surface area contributed by atoms with E-state index in [9.17, 15) is 28.7 Å². The molecular weight excluding hydrogens is 802 g/mol. The van der Waals surface area contributed by atoms with Crippen molar-refractivity contribution < 1.29 is 66.3 Å². The number of hydrogen-bond donors (Lipinski definition) is 4. The van der Waals surface area contributed by atoms with E-state index < -0.39 is 66.2 Å². The van der Waals surface area contributed by atoms with E-state index >= 15 is 0 Å². The Balaban J connectivity index is 2.41. The van der Waals surface area contributed by atoms with Crippen LogP contribution in [-0.4, -0.2) is 82.6 Å². The Morgan fingerprint density at radius 1 is 0.644 bits per heavy atom. The first-order valence-electron chi connectivity index (χ1n) is 22.2. The minimum Gasteiger partial charge on any atom is -0.462 e. The first-order chi connectivity index (χ1) is 28.2. The van der Waals surface area contributed by atoms with E-state index in [1.807, 2.05) is 0 Å². The van der Waals surface area contributed by atoms with Crippen LogP contribution in [0.15, 0.2) is 36.5 Å². The lowest BCUT2D eigenvalue weighted by Gasteiger charge is -2.20. The van der Waals surface area contributed by atoms with Gasteiger partial charge >= 0.3 is 27.6 Å². The fraction of sp³-hybridized carbons (Fsp3) is 0.814. The van der Waals surface area contributed by atoms with Crippen molar-refractivity contribution in [1.82, 2.24) is 0 Å². The van der Waals surface area contributed by atoms with E-state index in [1.54, 1.807) is 0 Å². The second-order valence-electron chi connectivity index (χ2n) is 15.8. The lowest BCUT2D eigenvalue weighted by molar-refractivity contribution is -0.161. The zero-order chi connectivity index (χ0) is 43.6. The van der Waals surface area contributed by atoms with E-state index in [0.29, 0.717) is 19.3 Å². The van der Waals surface area contributed by atoms with Gasteiger partial charge in [0.05, 0.1) is 32.0 Å². The van der Waals surface area contributed by atoms with Crippen LogP contribution in [0.5, 0.6) is 0 Å². The molecule has 14 nitrogen and oxygen atoms in total. The van der Waals surface area contributed by atoms with Gasteiger partial charge in [0.1, 0.15) is 12.7 Å². The maximum absolute atomic E-state index is 12.7. The number of unbranched alkanes of at least 4 members (excludes halogenated alkanes) is 13. The van der Waals surface area contributed by atoms with Crippen LogP contribution in [0.1, 0.15) is 168 Å². The number of phosphoric ester groups is 2. The zero-order valence-electron chi connectivity index (χ0n) is 36.2. The summed E-state index contributed by atoms with van der Waals surface area (Å²) >= 11 is 0. The number of phosphoric acid groups is 2. The molecule has 1 saturated heterocycles. The molecule has 0 bridgehead atoms.